The SMILES string of the molecule is Cc1cc(C#N)c(C#N)c(C#N)c1C#N. The lowest BCUT2D eigenvalue weighted by Crippen LogP contribution is -1.97. The van der Waals surface area contributed by atoms with E-state index >= 15 is 0 Å². The first-order chi connectivity index (χ1) is 7.19. The molecule has 1 aromatic rings. The summed E-state index contributed by atoms with van der Waals surface area (Å²) in [7, 11) is 0. The summed E-state index contributed by atoms with van der Waals surface area (Å²) in [6.45, 7) is 1.63. The molecule has 0 N–H and O–H groups in total. The zero-order chi connectivity index (χ0) is 11.4. The zero-order valence-corrected chi connectivity index (χ0v) is 7.87. The Hall–Kier alpha value is -2.82. The van der Waals surface area contributed by atoms with Crippen LogP contribution in [0.4, 0.5) is 0 Å². The Bertz CT molecular complexity index is 585. The molecule has 0 radical (unpaired) electrons. The van der Waals surface area contributed by atoms with E-state index in [9.17, 15) is 0 Å². The van der Waals surface area contributed by atoms with Crippen molar-refractivity contribution in [2.75, 3.05) is 0 Å². The lowest BCUT2D eigenvalue weighted by molar-refractivity contribution is 1.31. The summed E-state index contributed by atoms with van der Waals surface area (Å²) >= 11 is 0. The van der Waals surface area contributed by atoms with Crippen molar-refractivity contribution >= 4 is 0 Å². The van der Waals surface area contributed by atoms with E-state index in [1.807, 2.05) is 12.1 Å². The van der Waals surface area contributed by atoms with Crippen LogP contribution in [0.1, 0.15) is 27.8 Å². The fourth-order valence-corrected chi connectivity index (χ4v) is 1.28. The second-order valence-corrected chi connectivity index (χ2v) is 2.81. The van der Waals surface area contributed by atoms with Crippen LogP contribution < -0.4 is 0 Å². The third-order valence-corrected chi connectivity index (χ3v) is 1.98. The Morgan fingerprint density at radius 1 is 0.800 bits per heavy atom. The van der Waals surface area contributed by atoms with Crippen LogP contribution >= 0.6 is 0 Å². The van der Waals surface area contributed by atoms with Gasteiger partial charge < -0.3 is 0 Å². The molecule has 0 aliphatic carbocycles. The highest BCUT2D eigenvalue weighted by Gasteiger charge is 2.15. The van der Waals surface area contributed by atoms with Crippen molar-refractivity contribution in [3.05, 3.63) is 33.9 Å². The van der Waals surface area contributed by atoms with Gasteiger partial charge in [0.15, 0.2) is 0 Å². The molecule has 0 saturated heterocycles. The summed E-state index contributed by atoms with van der Waals surface area (Å²) in [6, 6.07) is 8.69. The summed E-state index contributed by atoms with van der Waals surface area (Å²) in [5.74, 6) is 0. The minimum atomic E-state index is -0.0258. The van der Waals surface area contributed by atoms with Gasteiger partial charge in [0, 0.05) is 0 Å². The first kappa shape index (κ1) is 10.3. The molecule has 0 aromatic heterocycles. The summed E-state index contributed by atoms with van der Waals surface area (Å²) in [6.07, 6.45) is 0. The van der Waals surface area contributed by atoms with Gasteiger partial charge in [-0.3, -0.25) is 0 Å². The molecule has 0 heterocycles. The van der Waals surface area contributed by atoms with Gasteiger partial charge in [0.2, 0.25) is 0 Å². The average Bonchev–Trinajstić information content (AvgIpc) is 2.27. The Morgan fingerprint density at radius 3 is 1.73 bits per heavy atom. The van der Waals surface area contributed by atoms with Crippen LogP contribution in [0.2, 0.25) is 0 Å². The summed E-state index contributed by atoms with van der Waals surface area (Å²) in [4.78, 5) is 0. The van der Waals surface area contributed by atoms with Gasteiger partial charge in [-0.05, 0) is 18.6 Å². The highest BCUT2D eigenvalue weighted by atomic mass is 14.3. The van der Waals surface area contributed by atoms with Crippen LogP contribution in [0, 0.1) is 52.2 Å². The number of nitrogens with zero attached hydrogens (tertiary/aromatic N) is 4. The van der Waals surface area contributed by atoms with Crippen molar-refractivity contribution in [3.8, 4) is 24.3 Å². The van der Waals surface area contributed by atoms with Crippen LogP contribution in [0.15, 0.2) is 6.07 Å². The van der Waals surface area contributed by atoms with E-state index in [4.69, 9.17) is 21.0 Å². The van der Waals surface area contributed by atoms with E-state index in [0.29, 0.717) is 5.56 Å². The zero-order valence-electron chi connectivity index (χ0n) is 7.87. The lowest BCUT2D eigenvalue weighted by Gasteiger charge is -2.03. The first-order valence-corrected chi connectivity index (χ1v) is 3.97. The molecular weight excluding hydrogens is 188 g/mol. The number of hydrogen-bond acceptors (Lipinski definition) is 4. The van der Waals surface area contributed by atoms with Crippen molar-refractivity contribution in [1.29, 1.82) is 21.0 Å². The Balaban J connectivity index is 3.84. The second kappa shape index (κ2) is 3.93. The molecule has 1 rings (SSSR count). The number of hydrogen-bond donors (Lipinski definition) is 0. The average molecular weight is 192 g/mol. The highest BCUT2D eigenvalue weighted by Crippen LogP contribution is 2.20. The molecule has 0 amide bonds. The van der Waals surface area contributed by atoms with Crippen LogP contribution in [0.5, 0.6) is 0 Å². The third-order valence-electron chi connectivity index (χ3n) is 1.98. The predicted octanol–water partition coefficient (Wildman–Crippen LogP) is 1.48. The fraction of sp³-hybridized carbons (Fsp3) is 0.0909. The van der Waals surface area contributed by atoms with Gasteiger partial charge >= 0.3 is 0 Å². The number of nitriles is 4. The van der Waals surface area contributed by atoms with Crippen LogP contribution in [0.3, 0.4) is 0 Å². The molecule has 4 heteroatoms. The van der Waals surface area contributed by atoms with Crippen LogP contribution in [0.25, 0.3) is 0 Å². The molecule has 68 valence electrons. The summed E-state index contributed by atoms with van der Waals surface area (Å²) < 4.78 is 0. The van der Waals surface area contributed by atoms with E-state index in [-0.39, 0.29) is 22.3 Å². The highest BCUT2D eigenvalue weighted by molar-refractivity contribution is 5.63. The van der Waals surface area contributed by atoms with Gasteiger partial charge in [-0.2, -0.15) is 21.0 Å². The lowest BCUT2D eigenvalue weighted by atomic mass is 9.94. The third kappa shape index (κ3) is 1.49. The molecule has 1 aromatic carbocycles. The molecule has 0 fully saturated rings. The number of benzene rings is 1. The first-order valence-electron chi connectivity index (χ1n) is 3.97. The molecule has 0 aliphatic rings. The maximum atomic E-state index is 8.84. The number of aryl methyl sites for hydroxylation is 1. The quantitative estimate of drug-likeness (QED) is 0.621. The molecule has 0 spiro atoms. The van der Waals surface area contributed by atoms with E-state index in [1.165, 1.54) is 6.07 Å². The number of rotatable bonds is 0. The molecule has 0 bridgehead atoms. The van der Waals surface area contributed by atoms with Gasteiger partial charge in [-0.25, -0.2) is 0 Å². The molecule has 0 aliphatic heterocycles. The van der Waals surface area contributed by atoms with Crippen molar-refractivity contribution < 1.29 is 0 Å². The normalized spacial score (nSPS) is 8.07. The fourth-order valence-electron chi connectivity index (χ4n) is 1.28. The van der Waals surface area contributed by atoms with Gasteiger partial charge in [0.25, 0.3) is 0 Å². The standard InChI is InChI=1S/C11H4N4/c1-7-2-8(3-12)10(5-14)11(6-15)9(7)4-13/h2H,1H3. The van der Waals surface area contributed by atoms with Crippen LogP contribution in [-0.4, -0.2) is 0 Å². The minimum absolute atomic E-state index is 0.0171. The van der Waals surface area contributed by atoms with Crippen molar-refractivity contribution in [2.24, 2.45) is 0 Å². The topological polar surface area (TPSA) is 95.2 Å². The minimum Gasteiger partial charge on any atom is -0.192 e. The smallest absolute Gasteiger partial charge is 0.102 e. The molecular formula is C11H4N4. The van der Waals surface area contributed by atoms with E-state index in [0.717, 1.165) is 0 Å². The Kier molecular flexibility index (Phi) is 2.69. The van der Waals surface area contributed by atoms with Crippen LogP contribution in [-0.2, 0) is 0 Å². The Morgan fingerprint density at radius 2 is 1.33 bits per heavy atom. The van der Waals surface area contributed by atoms with Crippen molar-refractivity contribution in [1.82, 2.24) is 0 Å². The van der Waals surface area contributed by atoms with E-state index in [1.54, 1.807) is 19.1 Å². The van der Waals surface area contributed by atoms with E-state index in [2.05, 4.69) is 0 Å². The van der Waals surface area contributed by atoms with Gasteiger partial charge in [0.1, 0.15) is 24.3 Å². The second-order valence-electron chi connectivity index (χ2n) is 2.81. The van der Waals surface area contributed by atoms with Crippen molar-refractivity contribution in [2.45, 2.75) is 6.92 Å². The maximum Gasteiger partial charge on any atom is 0.102 e. The summed E-state index contributed by atoms with van der Waals surface area (Å²) in [5, 5.41) is 35.2. The molecule has 0 saturated carbocycles. The molecule has 4 nitrogen and oxygen atoms in total. The van der Waals surface area contributed by atoms with E-state index < -0.39 is 0 Å². The van der Waals surface area contributed by atoms with Gasteiger partial charge in [-0.1, -0.05) is 0 Å². The van der Waals surface area contributed by atoms with Crippen molar-refractivity contribution in [3.63, 3.8) is 0 Å². The largest absolute Gasteiger partial charge is 0.192 e. The maximum absolute atomic E-state index is 8.84. The Labute approximate surface area is 86.8 Å². The predicted molar refractivity (Wildman–Crippen MR) is 50.0 cm³/mol. The molecule has 15 heavy (non-hydrogen) atoms. The molecule has 0 unspecified atom stereocenters. The van der Waals surface area contributed by atoms with Gasteiger partial charge in [-0.15, -0.1) is 0 Å². The summed E-state index contributed by atoms with van der Waals surface area (Å²) in [5.41, 5.74) is 0.780. The monoisotopic (exact) mass is 192 g/mol. The molecule has 0 atom stereocenters. The van der Waals surface area contributed by atoms with Gasteiger partial charge in [0.05, 0.1) is 22.3 Å².